The molecule has 0 aliphatic heterocycles. The second kappa shape index (κ2) is 7.27. The number of halogens is 1. The predicted molar refractivity (Wildman–Crippen MR) is 107 cm³/mol. The molecule has 3 aromatic rings. The molecule has 0 saturated heterocycles. The molecule has 0 amide bonds. The van der Waals surface area contributed by atoms with Crippen molar-refractivity contribution in [1.29, 1.82) is 10.5 Å². The van der Waals surface area contributed by atoms with Gasteiger partial charge in [-0.25, -0.2) is 0 Å². The third kappa shape index (κ3) is 3.45. The quantitative estimate of drug-likeness (QED) is 0.721. The molecular formula is C22H18ClN3O. The minimum Gasteiger partial charge on any atom is -0.322 e. The third-order valence-electron chi connectivity index (χ3n) is 4.89. The zero-order valence-corrected chi connectivity index (χ0v) is 15.9. The predicted octanol–water partition coefficient (Wildman–Crippen LogP) is 4.64. The number of benzene rings is 2. The molecule has 134 valence electrons. The number of nitrogens with zero attached hydrogens (tertiary/aromatic N) is 2. The summed E-state index contributed by atoms with van der Waals surface area (Å²) in [5.74, 6) is 0. The van der Waals surface area contributed by atoms with Crippen LogP contribution in [0.3, 0.4) is 0 Å². The van der Waals surface area contributed by atoms with Gasteiger partial charge in [0.15, 0.2) is 0 Å². The Kier molecular flexibility index (Phi) is 5.04. The van der Waals surface area contributed by atoms with Gasteiger partial charge < -0.3 is 4.98 Å². The van der Waals surface area contributed by atoms with Crippen molar-refractivity contribution in [3.8, 4) is 12.1 Å². The maximum atomic E-state index is 12.2. The van der Waals surface area contributed by atoms with Crippen LogP contribution in [-0.2, 0) is 18.3 Å². The molecular weight excluding hydrogens is 358 g/mol. The van der Waals surface area contributed by atoms with Crippen molar-refractivity contribution in [1.82, 2.24) is 4.98 Å². The van der Waals surface area contributed by atoms with E-state index in [1.807, 2.05) is 44.2 Å². The summed E-state index contributed by atoms with van der Waals surface area (Å²) in [4.78, 5) is 15.1. The molecule has 1 N–H and O–H groups in total. The number of nitriles is 2. The topological polar surface area (TPSA) is 80.4 Å². The fourth-order valence-electron chi connectivity index (χ4n) is 3.32. The summed E-state index contributed by atoms with van der Waals surface area (Å²) in [6.45, 7) is 3.74. The number of H-pyrrole nitrogens is 1. The van der Waals surface area contributed by atoms with E-state index in [2.05, 4.69) is 17.1 Å². The zero-order valence-electron chi connectivity index (χ0n) is 15.1. The normalized spacial score (nSPS) is 12.9. The van der Waals surface area contributed by atoms with Crippen LogP contribution in [0.1, 0.15) is 36.1 Å². The second-order valence-corrected chi connectivity index (χ2v) is 7.17. The van der Waals surface area contributed by atoms with Crippen LogP contribution in [0.25, 0.3) is 10.9 Å². The van der Waals surface area contributed by atoms with Crippen molar-refractivity contribution in [3.63, 3.8) is 0 Å². The van der Waals surface area contributed by atoms with E-state index in [0.717, 1.165) is 16.5 Å². The summed E-state index contributed by atoms with van der Waals surface area (Å²) in [5.41, 5.74) is 2.43. The number of aromatic nitrogens is 1. The van der Waals surface area contributed by atoms with Crippen LogP contribution in [0.5, 0.6) is 0 Å². The van der Waals surface area contributed by atoms with Crippen LogP contribution in [0, 0.1) is 22.7 Å². The van der Waals surface area contributed by atoms with Crippen LogP contribution in [0.15, 0.2) is 47.3 Å². The average Bonchev–Trinajstić information content (AvgIpc) is 2.68. The minimum absolute atomic E-state index is 0.201. The maximum Gasteiger partial charge on any atom is 0.253 e. The Morgan fingerprint density at radius 1 is 1.19 bits per heavy atom. The first-order valence-corrected chi connectivity index (χ1v) is 9.05. The lowest BCUT2D eigenvalue weighted by Gasteiger charge is -2.23. The molecule has 0 aliphatic carbocycles. The van der Waals surface area contributed by atoms with Crippen LogP contribution >= 0.6 is 11.6 Å². The van der Waals surface area contributed by atoms with Crippen molar-refractivity contribution in [2.75, 3.05) is 0 Å². The van der Waals surface area contributed by atoms with E-state index in [0.29, 0.717) is 34.5 Å². The van der Waals surface area contributed by atoms with E-state index >= 15 is 0 Å². The van der Waals surface area contributed by atoms with Gasteiger partial charge in [-0.2, -0.15) is 10.5 Å². The minimum atomic E-state index is -0.810. The van der Waals surface area contributed by atoms with Crippen LogP contribution in [-0.4, -0.2) is 4.98 Å². The molecule has 2 aromatic carbocycles. The third-order valence-corrected chi connectivity index (χ3v) is 5.33. The first-order chi connectivity index (χ1) is 12.9. The van der Waals surface area contributed by atoms with E-state index in [1.54, 1.807) is 12.1 Å². The highest BCUT2D eigenvalue weighted by Crippen LogP contribution is 2.32. The second-order valence-electron chi connectivity index (χ2n) is 6.79. The van der Waals surface area contributed by atoms with Gasteiger partial charge in [-0.1, -0.05) is 42.8 Å². The number of aromatic amines is 1. The molecule has 0 fully saturated rings. The SMILES string of the molecule is CCc1c(Cl)c2ccc(C(C)(C#N)Cc3cccc(C#N)c3)cc2[nH]c1=O. The van der Waals surface area contributed by atoms with Gasteiger partial charge in [0.05, 0.1) is 33.7 Å². The highest BCUT2D eigenvalue weighted by molar-refractivity contribution is 6.36. The molecule has 0 bridgehead atoms. The van der Waals surface area contributed by atoms with Gasteiger partial charge in [0, 0.05) is 10.9 Å². The molecule has 0 spiro atoms. The Hall–Kier alpha value is -3.08. The summed E-state index contributed by atoms with van der Waals surface area (Å²) in [6.07, 6.45) is 1.01. The van der Waals surface area contributed by atoms with Gasteiger partial charge >= 0.3 is 0 Å². The molecule has 27 heavy (non-hydrogen) atoms. The van der Waals surface area contributed by atoms with Crippen molar-refractivity contribution >= 4 is 22.5 Å². The number of hydrogen-bond donors (Lipinski definition) is 1. The van der Waals surface area contributed by atoms with Crippen LogP contribution in [0.4, 0.5) is 0 Å². The Labute approximate surface area is 162 Å². The van der Waals surface area contributed by atoms with Crippen molar-refractivity contribution in [2.45, 2.75) is 32.1 Å². The Balaban J connectivity index is 2.09. The monoisotopic (exact) mass is 375 g/mol. The molecule has 5 heteroatoms. The van der Waals surface area contributed by atoms with Gasteiger partial charge in [0.25, 0.3) is 5.56 Å². The molecule has 1 aromatic heterocycles. The molecule has 4 nitrogen and oxygen atoms in total. The van der Waals surface area contributed by atoms with Crippen LogP contribution in [0.2, 0.25) is 5.02 Å². The first-order valence-electron chi connectivity index (χ1n) is 8.67. The van der Waals surface area contributed by atoms with E-state index in [1.165, 1.54) is 0 Å². The number of pyridine rings is 1. The first kappa shape index (κ1) is 18.7. The highest BCUT2D eigenvalue weighted by atomic mass is 35.5. The summed E-state index contributed by atoms with van der Waals surface area (Å²) in [7, 11) is 0. The molecule has 1 unspecified atom stereocenters. The lowest BCUT2D eigenvalue weighted by atomic mass is 9.78. The highest BCUT2D eigenvalue weighted by Gasteiger charge is 2.28. The largest absolute Gasteiger partial charge is 0.322 e. The van der Waals surface area contributed by atoms with Gasteiger partial charge in [-0.05, 0) is 49.1 Å². The lowest BCUT2D eigenvalue weighted by molar-refractivity contribution is 0.607. The average molecular weight is 376 g/mol. The molecule has 0 radical (unpaired) electrons. The Morgan fingerprint density at radius 2 is 1.96 bits per heavy atom. The van der Waals surface area contributed by atoms with Crippen LogP contribution < -0.4 is 5.56 Å². The molecule has 1 atom stereocenters. The van der Waals surface area contributed by atoms with Gasteiger partial charge in [-0.3, -0.25) is 4.79 Å². The van der Waals surface area contributed by atoms with E-state index in [-0.39, 0.29) is 5.56 Å². The van der Waals surface area contributed by atoms with Crippen molar-refractivity contribution in [3.05, 3.63) is 80.1 Å². The summed E-state index contributed by atoms with van der Waals surface area (Å²) < 4.78 is 0. The smallest absolute Gasteiger partial charge is 0.253 e. The zero-order chi connectivity index (χ0) is 19.6. The fraction of sp³-hybridized carbons (Fsp3) is 0.227. The van der Waals surface area contributed by atoms with E-state index in [9.17, 15) is 10.1 Å². The standard InChI is InChI=1S/C22H18ClN3O/c1-3-17-20(23)18-8-7-16(10-19(18)26-21(17)27)22(2,13-25)11-14-5-4-6-15(9-14)12-24/h4-10H,3,11H2,1-2H3,(H,26,27). The number of rotatable bonds is 4. The summed E-state index contributed by atoms with van der Waals surface area (Å²) in [6, 6.07) is 17.3. The summed E-state index contributed by atoms with van der Waals surface area (Å²) >= 11 is 6.40. The molecule has 3 rings (SSSR count). The summed E-state index contributed by atoms with van der Waals surface area (Å²) in [5, 5.41) is 20.2. The van der Waals surface area contributed by atoms with E-state index in [4.69, 9.17) is 16.9 Å². The number of fused-ring (bicyclic) bond motifs is 1. The number of hydrogen-bond acceptors (Lipinski definition) is 3. The van der Waals surface area contributed by atoms with Gasteiger partial charge in [0.2, 0.25) is 0 Å². The fourth-order valence-corrected chi connectivity index (χ4v) is 3.71. The maximum absolute atomic E-state index is 12.2. The Bertz CT molecular complexity index is 1170. The molecule has 0 saturated carbocycles. The van der Waals surface area contributed by atoms with Crippen molar-refractivity contribution in [2.24, 2.45) is 0 Å². The van der Waals surface area contributed by atoms with E-state index < -0.39 is 5.41 Å². The number of nitrogens with one attached hydrogen (secondary N) is 1. The van der Waals surface area contributed by atoms with Gasteiger partial charge in [-0.15, -0.1) is 0 Å². The van der Waals surface area contributed by atoms with Gasteiger partial charge in [0.1, 0.15) is 0 Å². The molecule has 0 aliphatic rings. The lowest BCUT2D eigenvalue weighted by Crippen LogP contribution is -2.23. The Morgan fingerprint density at radius 3 is 2.63 bits per heavy atom. The van der Waals surface area contributed by atoms with Crippen molar-refractivity contribution < 1.29 is 0 Å². The molecule has 1 heterocycles.